The van der Waals surface area contributed by atoms with Gasteiger partial charge in [-0.3, -0.25) is 14.4 Å². The molecule has 2 aromatic carbocycles. The maximum Gasteiger partial charge on any atom is 0.273 e. The van der Waals surface area contributed by atoms with Crippen molar-refractivity contribution in [2.45, 2.75) is 19.4 Å². The number of hydrazine groups is 1. The van der Waals surface area contributed by atoms with Gasteiger partial charge in [0.05, 0.1) is 18.4 Å². The van der Waals surface area contributed by atoms with Crippen molar-refractivity contribution in [2.75, 3.05) is 0 Å². The molecule has 148 valence electrons. The normalized spacial score (nSPS) is 20.7. The largest absolute Gasteiger partial charge is 0.273 e. The van der Waals surface area contributed by atoms with E-state index >= 15 is 0 Å². The highest BCUT2D eigenvalue weighted by Gasteiger charge is 2.50. The highest BCUT2D eigenvalue weighted by atomic mass is 35.5. The highest BCUT2D eigenvalue weighted by Crippen LogP contribution is 2.37. The maximum atomic E-state index is 13.3. The van der Waals surface area contributed by atoms with E-state index in [0.717, 1.165) is 5.01 Å². The van der Waals surface area contributed by atoms with Crippen molar-refractivity contribution in [3.05, 3.63) is 81.9 Å². The van der Waals surface area contributed by atoms with Crippen LogP contribution in [-0.2, 0) is 16.1 Å². The van der Waals surface area contributed by atoms with E-state index < -0.39 is 17.7 Å². The Morgan fingerprint density at radius 3 is 2.10 bits per heavy atom. The van der Waals surface area contributed by atoms with Gasteiger partial charge in [-0.25, -0.2) is 5.01 Å². The topological polar surface area (TPSA) is 57.7 Å². The Labute approximate surface area is 178 Å². The molecule has 1 aliphatic heterocycles. The van der Waals surface area contributed by atoms with E-state index in [1.54, 1.807) is 48.5 Å². The van der Waals surface area contributed by atoms with Crippen LogP contribution < -0.4 is 0 Å². The van der Waals surface area contributed by atoms with Gasteiger partial charge in [0.1, 0.15) is 0 Å². The Hall–Kier alpha value is -2.63. The lowest BCUT2D eigenvalue weighted by molar-refractivity contribution is -0.155. The quantitative estimate of drug-likeness (QED) is 0.531. The first-order valence-electron chi connectivity index (χ1n) is 9.31. The maximum absolute atomic E-state index is 13.3. The number of allylic oxidation sites excluding steroid dienone is 2. The molecule has 0 N–H and O–H groups in total. The minimum atomic E-state index is -0.463. The molecule has 1 saturated heterocycles. The summed E-state index contributed by atoms with van der Waals surface area (Å²) in [5.41, 5.74) is 0.972. The number of nitrogens with zero attached hydrogens (tertiary/aromatic N) is 2. The molecule has 0 radical (unpaired) electrons. The number of rotatable bonds is 4. The van der Waals surface area contributed by atoms with Crippen LogP contribution in [0.2, 0.25) is 10.0 Å². The summed E-state index contributed by atoms with van der Waals surface area (Å²) in [6.45, 7) is 0.00544. The zero-order chi connectivity index (χ0) is 20.5. The molecule has 1 fully saturated rings. The van der Waals surface area contributed by atoms with Crippen molar-refractivity contribution in [2.24, 2.45) is 11.8 Å². The van der Waals surface area contributed by atoms with Gasteiger partial charge >= 0.3 is 0 Å². The van der Waals surface area contributed by atoms with Crippen LogP contribution in [0.15, 0.2) is 60.7 Å². The number of benzene rings is 2. The second kappa shape index (κ2) is 8.01. The first-order chi connectivity index (χ1) is 14.0. The van der Waals surface area contributed by atoms with E-state index in [9.17, 15) is 14.4 Å². The van der Waals surface area contributed by atoms with Gasteiger partial charge in [-0.2, -0.15) is 5.01 Å². The molecule has 5 nitrogen and oxygen atoms in total. The second-order valence-corrected chi connectivity index (χ2v) is 7.95. The fraction of sp³-hybridized carbons (Fsp3) is 0.227. The minimum Gasteiger partial charge on any atom is -0.272 e. The number of halogens is 2. The Balaban J connectivity index is 1.73. The third kappa shape index (κ3) is 3.68. The molecule has 2 atom stereocenters. The Morgan fingerprint density at radius 2 is 1.52 bits per heavy atom. The van der Waals surface area contributed by atoms with Gasteiger partial charge in [0.2, 0.25) is 0 Å². The lowest BCUT2D eigenvalue weighted by Gasteiger charge is -2.31. The van der Waals surface area contributed by atoms with Crippen LogP contribution in [0.25, 0.3) is 0 Å². The van der Waals surface area contributed by atoms with Crippen molar-refractivity contribution < 1.29 is 14.4 Å². The van der Waals surface area contributed by atoms with Gasteiger partial charge in [-0.1, -0.05) is 53.6 Å². The van der Waals surface area contributed by atoms with Crippen LogP contribution in [0.3, 0.4) is 0 Å². The van der Waals surface area contributed by atoms with E-state index in [1.165, 1.54) is 5.01 Å². The van der Waals surface area contributed by atoms with Crippen LogP contribution in [0.1, 0.15) is 28.8 Å². The van der Waals surface area contributed by atoms with Crippen LogP contribution in [0, 0.1) is 11.8 Å². The summed E-state index contributed by atoms with van der Waals surface area (Å²) in [7, 11) is 0. The van der Waals surface area contributed by atoms with Crippen molar-refractivity contribution >= 4 is 40.9 Å². The highest BCUT2D eigenvalue weighted by molar-refractivity contribution is 6.31. The third-order valence-electron chi connectivity index (χ3n) is 5.33. The van der Waals surface area contributed by atoms with Gasteiger partial charge < -0.3 is 0 Å². The molecule has 0 spiro atoms. The number of hydrogen-bond acceptors (Lipinski definition) is 3. The van der Waals surface area contributed by atoms with E-state index in [4.69, 9.17) is 23.2 Å². The molecule has 3 amide bonds. The molecular formula is C22H18Cl2N2O3. The van der Waals surface area contributed by atoms with Crippen LogP contribution in [0.4, 0.5) is 0 Å². The van der Waals surface area contributed by atoms with E-state index in [2.05, 4.69) is 0 Å². The first kappa shape index (κ1) is 19.7. The zero-order valence-electron chi connectivity index (χ0n) is 15.4. The summed E-state index contributed by atoms with van der Waals surface area (Å²) < 4.78 is 0. The number of carbonyl (C=O) groups excluding carboxylic acids is 3. The molecule has 1 heterocycles. The van der Waals surface area contributed by atoms with E-state index in [-0.39, 0.29) is 18.4 Å². The van der Waals surface area contributed by atoms with Gasteiger partial charge in [0.25, 0.3) is 17.7 Å². The van der Waals surface area contributed by atoms with E-state index in [0.29, 0.717) is 34.0 Å². The first-order valence-corrected chi connectivity index (χ1v) is 10.1. The Morgan fingerprint density at radius 1 is 0.931 bits per heavy atom. The Bertz CT molecular complexity index is 977. The number of carbonyl (C=O) groups is 3. The molecule has 0 bridgehead atoms. The third-order valence-corrected chi connectivity index (χ3v) is 5.95. The smallest absolute Gasteiger partial charge is 0.272 e. The van der Waals surface area contributed by atoms with Crippen LogP contribution >= 0.6 is 23.2 Å². The zero-order valence-corrected chi connectivity index (χ0v) is 16.9. The van der Waals surface area contributed by atoms with Gasteiger partial charge in [-0.15, -0.1) is 0 Å². The second-order valence-electron chi connectivity index (χ2n) is 7.11. The molecule has 0 aromatic heterocycles. The predicted octanol–water partition coefficient (Wildman–Crippen LogP) is 4.50. The van der Waals surface area contributed by atoms with Crippen LogP contribution in [0.5, 0.6) is 0 Å². The summed E-state index contributed by atoms with van der Waals surface area (Å²) in [5.74, 6) is -2.02. The summed E-state index contributed by atoms with van der Waals surface area (Å²) in [5, 5.41) is 3.17. The summed E-state index contributed by atoms with van der Waals surface area (Å²) >= 11 is 12.2. The number of fused-ring (bicyclic) bond motifs is 1. The van der Waals surface area contributed by atoms with Crippen molar-refractivity contribution in [3.63, 3.8) is 0 Å². The van der Waals surface area contributed by atoms with Crippen molar-refractivity contribution in [3.8, 4) is 0 Å². The fourth-order valence-electron chi connectivity index (χ4n) is 3.78. The molecule has 7 heteroatoms. The lowest BCUT2D eigenvalue weighted by atomic mass is 9.85. The fourth-order valence-corrected chi connectivity index (χ4v) is 4.11. The van der Waals surface area contributed by atoms with E-state index in [1.807, 2.05) is 12.2 Å². The molecule has 0 saturated carbocycles. The van der Waals surface area contributed by atoms with Gasteiger partial charge in [0, 0.05) is 15.6 Å². The summed E-state index contributed by atoms with van der Waals surface area (Å²) in [6.07, 6.45) is 4.83. The molecule has 29 heavy (non-hydrogen) atoms. The van der Waals surface area contributed by atoms with Crippen molar-refractivity contribution in [1.29, 1.82) is 0 Å². The van der Waals surface area contributed by atoms with Gasteiger partial charge in [0.15, 0.2) is 0 Å². The number of amides is 3. The molecule has 1 aliphatic carbocycles. The monoisotopic (exact) mass is 428 g/mol. The molecule has 4 rings (SSSR count). The van der Waals surface area contributed by atoms with Gasteiger partial charge in [-0.05, 0) is 48.7 Å². The molecule has 0 unspecified atom stereocenters. The molecular weight excluding hydrogens is 411 g/mol. The minimum absolute atomic E-state index is 0.00544. The van der Waals surface area contributed by atoms with Crippen LogP contribution in [-0.4, -0.2) is 27.7 Å². The molecule has 2 aliphatic rings. The standard InChI is InChI=1S/C22H18Cl2N2O3/c23-16-11-9-14(10-12-16)20(27)25(13-15-5-1-4-8-19(15)24)26-21(28)17-6-2-3-7-18(17)22(26)29/h1-5,8-12,17-18H,6-7,13H2/t17-,18-/m0/s1. The number of imide groups is 1. The SMILES string of the molecule is O=C(c1ccc(Cl)cc1)N(Cc1ccccc1Cl)N1C(=O)[C@H]2CC=CC[C@@H]2C1=O. The van der Waals surface area contributed by atoms with Crippen molar-refractivity contribution in [1.82, 2.24) is 10.0 Å². The average Bonchev–Trinajstić information content (AvgIpc) is 2.98. The predicted molar refractivity (Wildman–Crippen MR) is 110 cm³/mol. The molecule has 2 aromatic rings. The lowest BCUT2D eigenvalue weighted by Crippen LogP contribution is -2.49. The average molecular weight is 429 g/mol. The summed E-state index contributed by atoms with van der Waals surface area (Å²) in [4.78, 5) is 39.5. The number of hydrogen-bond donors (Lipinski definition) is 0. The Kier molecular flexibility index (Phi) is 5.43. The summed E-state index contributed by atoms with van der Waals surface area (Å²) in [6, 6.07) is 13.4.